The third kappa shape index (κ3) is 5.96. The quantitative estimate of drug-likeness (QED) is 0.320. The first-order valence-electron chi connectivity index (χ1n) is 11.3. The van der Waals surface area contributed by atoms with Crippen molar-refractivity contribution >= 4 is 60.4 Å². The Kier molecular flexibility index (Phi) is 8.31. The Morgan fingerprint density at radius 1 is 1.14 bits per heavy atom. The van der Waals surface area contributed by atoms with Crippen LogP contribution < -0.4 is 4.80 Å². The number of aliphatic hydroxyl groups excluding tert-OH is 1. The molecule has 0 unspecified atom stereocenters. The lowest BCUT2D eigenvalue weighted by Crippen LogP contribution is -2.52. The smallest absolute Gasteiger partial charge is 0.252 e. The standard InChI is InChI=1S/C24H29IN4O4S2/c1-26-24-27(2)20(15-34-24)14-28-7-9-29(10-8-28)23(31)22(30)16-35(32,33)21-6-5-18-11-17(13-25)3-4-19(18)12-21/h3-6,11-12,15,22,30H,7-10,13-14,16H2,1-2H3/t22-/m1/s1. The first kappa shape index (κ1) is 26.3. The minimum Gasteiger partial charge on any atom is -0.382 e. The molecule has 0 spiro atoms. The van der Waals surface area contributed by atoms with Crippen molar-refractivity contribution in [1.82, 2.24) is 14.4 Å². The van der Waals surface area contributed by atoms with Gasteiger partial charge in [-0.15, -0.1) is 11.3 Å². The van der Waals surface area contributed by atoms with Crippen LogP contribution in [-0.2, 0) is 32.7 Å². The molecule has 8 nitrogen and oxygen atoms in total. The summed E-state index contributed by atoms with van der Waals surface area (Å²) in [5.74, 6) is -1.16. The Bertz CT molecular complexity index is 1390. The SMILES string of the molecule is CN=c1scc(CN2CCN(C(=O)[C@H](O)CS(=O)(=O)c3ccc4cc(CI)ccc4c3)CC2)n1C. The third-order valence-corrected chi connectivity index (χ3v) is 10.00. The minimum absolute atomic E-state index is 0.116. The van der Waals surface area contributed by atoms with Gasteiger partial charge in [0, 0.05) is 62.3 Å². The number of benzene rings is 2. The molecule has 1 amide bonds. The summed E-state index contributed by atoms with van der Waals surface area (Å²) in [6, 6.07) is 10.8. The van der Waals surface area contributed by atoms with Crippen LogP contribution in [0.1, 0.15) is 11.3 Å². The number of alkyl halides is 1. The highest BCUT2D eigenvalue weighted by molar-refractivity contribution is 14.1. The summed E-state index contributed by atoms with van der Waals surface area (Å²) in [5, 5.41) is 14.4. The summed E-state index contributed by atoms with van der Waals surface area (Å²) in [4.78, 5) is 21.9. The second kappa shape index (κ2) is 11.1. The van der Waals surface area contributed by atoms with Gasteiger partial charge >= 0.3 is 0 Å². The summed E-state index contributed by atoms with van der Waals surface area (Å²) < 4.78 is 28.9. The highest BCUT2D eigenvalue weighted by atomic mass is 127. The van der Waals surface area contributed by atoms with Crippen molar-refractivity contribution in [3.63, 3.8) is 0 Å². The predicted molar refractivity (Wildman–Crippen MR) is 146 cm³/mol. The van der Waals surface area contributed by atoms with Crippen LogP contribution in [-0.4, -0.2) is 78.9 Å². The van der Waals surface area contributed by atoms with Gasteiger partial charge < -0.3 is 14.6 Å². The molecule has 2 heterocycles. The van der Waals surface area contributed by atoms with Gasteiger partial charge in [-0.2, -0.15) is 0 Å². The highest BCUT2D eigenvalue weighted by Gasteiger charge is 2.30. The molecule has 3 aromatic rings. The lowest BCUT2D eigenvalue weighted by Gasteiger charge is -2.35. The molecule has 2 aromatic carbocycles. The van der Waals surface area contributed by atoms with E-state index in [0.717, 1.165) is 32.2 Å². The maximum absolute atomic E-state index is 13.0. The number of hydrogen-bond donors (Lipinski definition) is 1. The van der Waals surface area contributed by atoms with Crippen molar-refractivity contribution < 1.29 is 18.3 Å². The Labute approximate surface area is 223 Å². The van der Waals surface area contributed by atoms with Gasteiger partial charge in [-0.1, -0.05) is 46.9 Å². The van der Waals surface area contributed by atoms with Crippen LogP contribution in [0.15, 0.2) is 51.7 Å². The monoisotopic (exact) mass is 628 g/mol. The minimum atomic E-state index is -3.83. The molecule has 1 aromatic heterocycles. The number of aliphatic hydroxyl groups is 1. The number of carbonyl (C=O) groups is 1. The first-order chi connectivity index (χ1) is 16.7. The lowest BCUT2D eigenvalue weighted by atomic mass is 10.1. The van der Waals surface area contributed by atoms with E-state index >= 15 is 0 Å². The molecule has 35 heavy (non-hydrogen) atoms. The average molecular weight is 629 g/mol. The number of carbonyl (C=O) groups excluding carboxylic acids is 1. The molecule has 11 heteroatoms. The molecule has 1 aliphatic rings. The fourth-order valence-corrected chi connectivity index (χ4v) is 6.90. The molecular weight excluding hydrogens is 599 g/mol. The zero-order valence-electron chi connectivity index (χ0n) is 19.7. The third-order valence-electron chi connectivity index (χ3n) is 6.33. The van der Waals surface area contributed by atoms with E-state index in [2.05, 4.69) is 42.4 Å². The van der Waals surface area contributed by atoms with Crippen LogP contribution in [0.5, 0.6) is 0 Å². The first-order valence-corrected chi connectivity index (χ1v) is 15.3. The van der Waals surface area contributed by atoms with E-state index < -0.39 is 27.6 Å². The van der Waals surface area contributed by atoms with E-state index in [-0.39, 0.29) is 4.90 Å². The van der Waals surface area contributed by atoms with Gasteiger partial charge in [0.1, 0.15) is 6.10 Å². The predicted octanol–water partition coefficient (Wildman–Crippen LogP) is 2.18. The maximum Gasteiger partial charge on any atom is 0.252 e. The van der Waals surface area contributed by atoms with Crippen molar-refractivity contribution in [2.24, 2.45) is 12.0 Å². The zero-order valence-corrected chi connectivity index (χ0v) is 23.5. The van der Waals surface area contributed by atoms with E-state index in [0.29, 0.717) is 26.2 Å². The summed E-state index contributed by atoms with van der Waals surface area (Å²) in [6.07, 6.45) is -1.59. The molecule has 0 saturated carbocycles. The number of nitrogens with zero attached hydrogens (tertiary/aromatic N) is 4. The van der Waals surface area contributed by atoms with Crippen molar-refractivity contribution in [2.45, 2.75) is 22.0 Å². The Morgan fingerprint density at radius 3 is 2.49 bits per heavy atom. The number of fused-ring (bicyclic) bond motifs is 1. The number of thiazole rings is 1. The van der Waals surface area contributed by atoms with Gasteiger partial charge in [0.25, 0.3) is 5.91 Å². The van der Waals surface area contributed by atoms with Crippen LogP contribution in [0, 0.1) is 0 Å². The van der Waals surface area contributed by atoms with Crippen molar-refractivity contribution in [1.29, 1.82) is 0 Å². The Balaban J connectivity index is 1.36. The molecule has 1 aliphatic heterocycles. The maximum atomic E-state index is 13.0. The molecule has 188 valence electrons. The molecule has 1 saturated heterocycles. The van der Waals surface area contributed by atoms with Crippen LogP contribution >= 0.6 is 33.9 Å². The second-order valence-electron chi connectivity index (χ2n) is 8.67. The van der Waals surface area contributed by atoms with Crippen LogP contribution in [0.2, 0.25) is 0 Å². The van der Waals surface area contributed by atoms with E-state index in [4.69, 9.17) is 0 Å². The van der Waals surface area contributed by atoms with Gasteiger partial charge in [-0.25, -0.2) is 8.42 Å². The van der Waals surface area contributed by atoms with E-state index in [9.17, 15) is 18.3 Å². The highest BCUT2D eigenvalue weighted by Crippen LogP contribution is 2.23. The molecule has 0 aliphatic carbocycles. The number of hydrogen-bond acceptors (Lipinski definition) is 7. The van der Waals surface area contributed by atoms with Crippen molar-refractivity contribution in [2.75, 3.05) is 39.0 Å². The van der Waals surface area contributed by atoms with Crippen molar-refractivity contribution in [3.05, 3.63) is 57.8 Å². The van der Waals surface area contributed by atoms with Crippen LogP contribution in [0.25, 0.3) is 10.8 Å². The number of rotatable bonds is 7. The fraction of sp³-hybridized carbons (Fsp3) is 0.417. The molecule has 0 radical (unpaired) electrons. The van der Waals surface area contributed by atoms with Crippen molar-refractivity contribution in [3.8, 4) is 0 Å². The van der Waals surface area contributed by atoms with Gasteiger partial charge in [-0.05, 0) is 28.5 Å². The van der Waals surface area contributed by atoms with Gasteiger partial charge in [0.2, 0.25) is 0 Å². The number of aromatic nitrogens is 1. The molecule has 0 bridgehead atoms. The molecule has 1 fully saturated rings. The summed E-state index contributed by atoms with van der Waals surface area (Å²) >= 11 is 3.88. The average Bonchev–Trinajstić information content (AvgIpc) is 3.21. The lowest BCUT2D eigenvalue weighted by molar-refractivity contribution is -0.140. The number of halogens is 1. The van der Waals surface area contributed by atoms with E-state index in [1.807, 2.05) is 25.2 Å². The van der Waals surface area contributed by atoms with Gasteiger partial charge in [0.15, 0.2) is 14.6 Å². The fourth-order valence-electron chi connectivity index (χ4n) is 4.24. The summed E-state index contributed by atoms with van der Waals surface area (Å²) in [6.45, 7) is 2.96. The zero-order chi connectivity index (χ0) is 25.2. The van der Waals surface area contributed by atoms with E-state index in [1.54, 1.807) is 41.5 Å². The number of sulfone groups is 1. The summed E-state index contributed by atoms with van der Waals surface area (Å²) in [5.41, 5.74) is 2.32. The summed E-state index contributed by atoms with van der Waals surface area (Å²) in [7, 11) is -0.0671. The van der Waals surface area contributed by atoms with Crippen LogP contribution in [0.4, 0.5) is 0 Å². The van der Waals surface area contributed by atoms with Gasteiger partial charge in [-0.3, -0.25) is 14.7 Å². The molecule has 1 N–H and O–H groups in total. The largest absolute Gasteiger partial charge is 0.382 e. The molecule has 4 rings (SSSR count). The topological polar surface area (TPSA) is 95.2 Å². The normalized spacial score (nSPS) is 16.7. The Morgan fingerprint density at radius 2 is 1.83 bits per heavy atom. The number of amides is 1. The Hall–Kier alpha value is -1.80. The molecular formula is C24H29IN4O4S2. The van der Waals surface area contributed by atoms with E-state index in [1.165, 1.54) is 5.56 Å². The molecule has 1 atom stereocenters. The number of piperazine rings is 1. The second-order valence-corrected chi connectivity index (χ2v) is 12.3. The van der Waals surface area contributed by atoms with Gasteiger partial charge in [0.05, 0.1) is 10.6 Å². The van der Waals surface area contributed by atoms with Crippen LogP contribution in [0.3, 0.4) is 0 Å².